The van der Waals surface area contributed by atoms with Gasteiger partial charge in [0.2, 0.25) is 5.95 Å². The number of aromatic nitrogens is 2. The molecule has 0 bridgehead atoms. The molecule has 1 fully saturated rings. The fraction of sp³-hybridized carbons (Fsp3) is 0.522. The normalized spacial score (nSPS) is 18.4. The summed E-state index contributed by atoms with van der Waals surface area (Å²) in [6, 6.07) is 7.57. The van der Waals surface area contributed by atoms with Gasteiger partial charge in [0, 0.05) is 31.1 Å². The van der Waals surface area contributed by atoms with Gasteiger partial charge in [0.1, 0.15) is 11.4 Å². The number of benzene rings is 1. The largest absolute Gasteiger partial charge is 0.396 e. The van der Waals surface area contributed by atoms with Crippen molar-refractivity contribution in [2.24, 2.45) is 0 Å². The molecule has 168 valence electrons. The SMILES string of the molecule is CCCCNc1ncc(C(=O)Nc2ccc(CCO)cc2)c(NC2CCC(O)CC2)n1. The number of aliphatic hydroxyl groups is 2. The zero-order chi connectivity index (χ0) is 22.1. The number of amides is 1. The van der Waals surface area contributed by atoms with Crippen molar-refractivity contribution in [1.82, 2.24) is 9.97 Å². The average molecular weight is 428 g/mol. The van der Waals surface area contributed by atoms with E-state index in [-0.39, 0.29) is 24.7 Å². The molecule has 1 aromatic carbocycles. The lowest BCUT2D eigenvalue weighted by Gasteiger charge is -2.27. The zero-order valence-electron chi connectivity index (χ0n) is 18.1. The minimum atomic E-state index is -0.284. The molecule has 0 saturated heterocycles. The molecule has 1 amide bonds. The van der Waals surface area contributed by atoms with Crippen LogP contribution in [0.4, 0.5) is 17.5 Å². The second-order valence-corrected chi connectivity index (χ2v) is 8.01. The molecule has 0 atom stereocenters. The molecule has 31 heavy (non-hydrogen) atoms. The molecule has 0 unspecified atom stereocenters. The third kappa shape index (κ3) is 6.90. The number of aliphatic hydroxyl groups excluding tert-OH is 2. The summed E-state index contributed by atoms with van der Waals surface area (Å²) in [5, 5.41) is 28.3. The van der Waals surface area contributed by atoms with Gasteiger partial charge in [-0.2, -0.15) is 4.98 Å². The molecule has 0 radical (unpaired) electrons. The van der Waals surface area contributed by atoms with Crippen molar-refractivity contribution in [3.8, 4) is 0 Å². The quantitative estimate of drug-likeness (QED) is 0.369. The highest BCUT2D eigenvalue weighted by Crippen LogP contribution is 2.24. The van der Waals surface area contributed by atoms with Crippen LogP contribution in [0.5, 0.6) is 0 Å². The molecule has 5 N–H and O–H groups in total. The Morgan fingerprint density at radius 2 is 1.90 bits per heavy atom. The highest BCUT2D eigenvalue weighted by atomic mass is 16.3. The van der Waals surface area contributed by atoms with Crippen molar-refractivity contribution in [2.75, 3.05) is 29.1 Å². The Balaban J connectivity index is 1.75. The first-order valence-corrected chi connectivity index (χ1v) is 11.2. The molecule has 8 heteroatoms. The van der Waals surface area contributed by atoms with Crippen LogP contribution in [-0.4, -0.2) is 51.4 Å². The number of unbranched alkanes of at least 4 members (excludes halogenated alkanes) is 1. The fourth-order valence-electron chi connectivity index (χ4n) is 3.62. The highest BCUT2D eigenvalue weighted by molar-refractivity contribution is 6.07. The molecular formula is C23H33N5O3. The number of anilines is 3. The molecule has 2 aromatic rings. The summed E-state index contributed by atoms with van der Waals surface area (Å²) in [7, 11) is 0. The van der Waals surface area contributed by atoms with Crippen LogP contribution in [0.1, 0.15) is 61.4 Å². The molecular weight excluding hydrogens is 394 g/mol. The van der Waals surface area contributed by atoms with Gasteiger partial charge in [-0.3, -0.25) is 4.79 Å². The highest BCUT2D eigenvalue weighted by Gasteiger charge is 2.22. The molecule has 1 heterocycles. The second kappa shape index (κ2) is 11.6. The van der Waals surface area contributed by atoms with Gasteiger partial charge in [-0.25, -0.2) is 4.98 Å². The third-order valence-electron chi connectivity index (χ3n) is 5.50. The topological polar surface area (TPSA) is 119 Å². The first kappa shape index (κ1) is 23.0. The van der Waals surface area contributed by atoms with E-state index in [1.807, 2.05) is 24.3 Å². The van der Waals surface area contributed by atoms with Gasteiger partial charge in [-0.05, 0) is 56.2 Å². The van der Waals surface area contributed by atoms with E-state index < -0.39 is 0 Å². The van der Waals surface area contributed by atoms with E-state index in [9.17, 15) is 9.90 Å². The van der Waals surface area contributed by atoms with Crippen LogP contribution in [0.25, 0.3) is 0 Å². The smallest absolute Gasteiger partial charge is 0.260 e. The van der Waals surface area contributed by atoms with Gasteiger partial charge in [0.25, 0.3) is 5.91 Å². The lowest BCUT2D eigenvalue weighted by molar-refractivity contribution is 0.102. The second-order valence-electron chi connectivity index (χ2n) is 8.01. The Kier molecular flexibility index (Phi) is 8.61. The molecule has 0 spiro atoms. The van der Waals surface area contributed by atoms with E-state index in [0.717, 1.165) is 50.6 Å². The van der Waals surface area contributed by atoms with E-state index in [1.54, 1.807) is 6.20 Å². The Morgan fingerprint density at radius 1 is 1.16 bits per heavy atom. The Hall–Kier alpha value is -2.71. The summed E-state index contributed by atoms with van der Waals surface area (Å²) >= 11 is 0. The Morgan fingerprint density at radius 3 is 2.58 bits per heavy atom. The minimum Gasteiger partial charge on any atom is -0.396 e. The van der Waals surface area contributed by atoms with Crippen LogP contribution in [0.3, 0.4) is 0 Å². The molecule has 8 nitrogen and oxygen atoms in total. The van der Waals surface area contributed by atoms with Crippen LogP contribution in [0.15, 0.2) is 30.5 Å². The van der Waals surface area contributed by atoms with Gasteiger partial charge in [-0.15, -0.1) is 0 Å². The third-order valence-corrected chi connectivity index (χ3v) is 5.50. The van der Waals surface area contributed by atoms with Crippen LogP contribution in [0, 0.1) is 0 Å². The van der Waals surface area contributed by atoms with Gasteiger partial charge in [-0.1, -0.05) is 25.5 Å². The molecule has 1 saturated carbocycles. The van der Waals surface area contributed by atoms with E-state index in [0.29, 0.717) is 29.4 Å². The van der Waals surface area contributed by atoms with E-state index >= 15 is 0 Å². The van der Waals surface area contributed by atoms with Crippen LogP contribution in [0.2, 0.25) is 0 Å². The fourth-order valence-corrected chi connectivity index (χ4v) is 3.62. The van der Waals surface area contributed by atoms with Crippen molar-refractivity contribution in [3.63, 3.8) is 0 Å². The number of carbonyl (C=O) groups is 1. The summed E-state index contributed by atoms with van der Waals surface area (Å²) in [6.07, 6.45) is 7.12. The van der Waals surface area contributed by atoms with Crippen molar-refractivity contribution in [1.29, 1.82) is 0 Å². The number of carbonyl (C=O) groups excluding carboxylic acids is 1. The Labute approximate surface area is 183 Å². The maximum atomic E-state index is 13.0. The van der Waals surface area contributed by atoms with Crippen molar-refractivity contribution in [2.45, 2.75) is 64.0 Å². The Bertz CT molecular complexity index is 836. The molecule has 3 rings (SSSR count). The maximum Gasteiger partial charge on any atom is 0.260 e. The number of hydrogen-bond acceptors (Lipinski definition) is 7. The summed E-state index contributed by atoms with van der Waals surface area (Å²) in [4.78, 5) is 21.9. The zero-order valence-corrected chi connectivity index (χ0v) is 18.1. The first-order valence-electron chi connectivity index (χ1n) is 11.2. The summed E-state index contributed by atoms with van der Waals surface area (Å²) < 4.78 is 0. The lowest BCUT2D eigenvalue weighted by atomic mass is 9.93. The minimum absolute atomic E-state index is 0.0922. The number of nitrogens with one attached hydrogen (secondary N) is 3. The van der Waals surface area contributed by atoms with Gasteiger partial charge in [0.15, 0.2) is 0 Å². The summed E-state index contributed by atoms with van der Waals surface area (Å²) in [6.45, 7) is 2.99. The monoisotopic (exact) mass is 427 g/mol. The summed E-state index contributed by atoms with van der Waals surface area (Å²) in [5.41, 5.74) is 2.06. The average Bonchev–Trinajstić information content (AvgIpc) is 2.77. The molecule has 0 aliphatic heterocycles. The van der Waals surface area contributed by atoms with E-state index in [1.165, 1.54) is 0 Å². The predicted octanol–water partition coefficient (Wildman–Crippen LogP) is 3.19. The molecule has 1 aliphatic rings. The molecule has 1 aromatic heterocycles. The number of nitrogens with zero attached hydrogens (tertiary/aromatic N) is 2. The van der Waals surface area contributed by atoms with Crippen molar-refractivity contribution in [3.05, 3.63) is 41.6 Å². The van der Waals surface area contributed by atoms with E-state index in [4.69, 9.17) is 5.11 Å². The predicted molar refractivity (Wildman–Crippen MR) is 123 cm³/mol. The van der Waals surface area contributed by atoms with Crippen LogP contribution in [-0.2, 0) is 6.42 Å². The maximum absolute atomic E-state index is 13.0. The van der Waals surface area contributed by atoms with Crippen molar-refractivity contribution < 1.29 is 15.0 Å². The summed E-state index contributed by atoms with van der Waals surface area (Å²) in [5.74, 6) is 0.717. The van der Waals surface area contributed by atoms with Crippen LogP contribution < -0.4 is 16.0 Å². The number of rotatable bonds is 10. The van der Waals surface area contributed by atoms with E-state index in [2.05, 4.69) is 32.8 Å². The lowest BCUT2D eigenvalue weighted by Crippen LogP contribution is -2.30. The number of hydrogen-bond donors (Lipinski definition) is 5. The van der Waals surface area contributed by atoms with Gasteiger partial charge < -0.3 is 26.2 Å². The van der Waals surface area contributed by atoms with Gasteiger partial charge in [0.05, 0.1) is 6.10 Å². The first-order chi connectivity index (χ1) is 15.1. The van der Waals surface area contributed by atoms with Gasteiger partial charge >= 0.3 is 0 Å². The van der Waals surface area contributed by atoms with Crippen molar-refractivity contribution >= 4 is 23.4 Å². The molecule has 1 aliphatic carbocycles. The standard InChI is InChI=1S/C23H33N5O3/c1-2-3-13-24-23-25-15-20(21(28-23)26-17-8-10-19(30)11-9-17)22(31)27-18-6-4-16(5-7-18)12-14-29/h4-7,15,17,19,29-30H,2-3,8-14H2,1H3,(H,27,31)(H2,24,25,26,28). The van der Waals surface area contributed by atoms with Crippen LogP contribution >= 0.6 is 0 Å².